The Morgan fingerprint density at radius 1 is 0.864 bits per heavy atom. The van der Waals surface area contributed by atoms with Crippen LogP contribution in [0.1, 0.15) is 38.8 Å². The number of carbonyl (C=O) groups is 6. The third-order valence-electron chi connectivity index (χ3n) is 6.03. The van der Waals surface area contributed by atoms with Crippen molar-refractivity contribution in [1.82, 2.24) is 4.90 Å². The molecule has 3 aromatic carbocycles. The van der Waals surface area contributed by atoms with E-state index in [9.17, 15) is 28.8 Å². The molecular weight excluding hydrogens is 610 g/mol. The first kappa shape index (κ1) is 32.0. The largest absolute Gasteiger partial charge is 0.462 e. The second kappa shape index (κ2) is 14.5. The topological polar surface area (TPSA) is 148 Å². The van der Waals surface area contributed by atoms with Gasteiger partial charge in [0.1, 0.15) is 6.54 Å². The number of hydrogen-bond donors (Lipinski definition) is 2. The molecule has 1 saturated heterocycles. The minimum absolute atomic E-state index is 0.0586. The second-order valence-corrected chi connectivity index (χ2v) is 10.7. The van der Waals surface area contributed by atoms with Crippen LogP contribution < -0.4 is 10.6 Å². The molecule has 0 atom stereocenters. The monoisotopic (exact) mass is 635 g/mol. The number of imide groups is 1. The van der Waals surface area contributed by atoms with Crippen molar-refractivity contribution < 1.29 is 38.2 Å². The second-order valence-electron chi connectivity index (χ2n) is 9.34. The Labute approximate surface area is 261 Å². The van der Waals surface area contributed by atoms with Crippen molar-refractivity contribution in [3.8, 4) is 0 Å². The highest BCUT2D eigenvalue weighted by atomic mass is 35.5. The van der Waals surface area contributed by atoms with Crippen molar-refractivity contribution in [2.45, 2.75) is 13.8 Å². The Morgan fingerprint density at radius 3 is 2.20 bits per heavy atom. The number of esters is 2. The molecule has 1 aliphatic heterocycles. The molecular formula is C31H26ClN3O8S. The minimum atomic E-state index is -0.711. The van der Waals surface area contributed by atoms with Gasteiger partial charge in [-0.1, -0.05) is 41.4 Å². The van der Waals surface area contributed by atoms with Gasteiger partial charge < -0.3 is 20.1 Å². The summed E-state index contributed by atoms with van der Waals surface area (Å²) < 4.78 is 10.0. The maximum atomic E-state index is 12.9. The SMILES string of the molecule is CCOC(=O)c1cc(NC(=O)CN2C(=O)S/C(=C\c3ccc(C(=O)OCC(=O)Nc4ccc(C)cc4)cc3)C2=O)ccc1Cl. The number of anilines is 2. The van der Waals surface area contributed by atoms with E-state index < -0.39 is 48.1 Å². The summed E-state index contributed by atoms with van der Waals surface area (Å²) in [6.45, 7) is 2.68. The molecule has 0 unspecified atom stereocenters. The maximum absolute atomic E-state index is 12.9. The summed E-state index contributed by atoms with van der Waals surface area (Å²) in [5.74, 6) is -3.19. The molecule has 0 radical (unpaired) electrons. The Balaban J connectivity index is 1.31. The van der Waals surface area contributed by atoms with E-state index in [1.165, 1.54) is 36.4 Å². The lowest BCUT2D eigenvalue weighted by atomic mass is 10.1. The summed E-state index contributed by atoms with van der Waals surface area (Å²) in [7, 11) is 0. The van der Waals surface area contributed by atoms with Gasteiger partial charge in [-0.2, -0.15) is 0 Å². The zero-order chi connectivity index (χ0) is 31.8. The van der Waals surface area contributed by atoms with Crippen LogP contribution in [-0.4, -0.2) is 59.6 Å². The van der Waals surface area contributed by atoms with Gasteiger partial charge in [-0.3, -0.25) is 24.1 Å². The van der Waals surface area contributed by atoms with Crippen LogP contribution in [0.3, 0.4) is 0 Å². The highest BCUT2D eigenvalue weighted by molar-refractivity contribution is 8.18. The fourth-order valence-electron chi connectivity index (χ4n) is 3.86. The molecule has 11 nitrogen and oxygen atoms in total. The van der Waals surface area contributed by atoms with Crippen LogP contribution in [0.2, 0.25) is 5.02 Å². The van der Waals surface area contributed by atoms with Crippen LogP contribution in [0.5, 0.6) is 0 Å². The summed E-state index contributed by atoms with van der Waals surface area (Å²) in [5.41, 5.74) is 2.61. The fraction of sp³-hybridized carbons (Fsp3) is 0.161. The number of thioether (sulfide) groups is 1. The highest BCUT2D eigenvalue weighted by Crippen LogP contribution is 2.32. The molecule has 0 saturated carbocycles. The normalized spacial score (nSPS) is 13.5. The number of amides is 4. The fourth-order valence-corrected chi connectivity index (χ4v) is 4.90. The Bertz CT molecular complexity index is 1660. The average Bonchev–Trinajstić information content (AvgIpc) is 3.25. The molecule has 4 amide bonds. The quantitative estimate of drug-likeness (QED) is 0.224. The third kappa shape index (κ3) is 8.33. The Morgan fingerprint density at radius 2 is 1.52 bits per heavy atom. The zero-order valence-electron chi connectivity index (χ0n) is 23.5. The lowest BCUT2D eigenvalue weighted by Gasteiger charge is -2.13. The molecule has 13 heteroatoms. The predicted molar refractivity (Wildman–Crippen MR) is 165 cm³/mol. The summed E-state index contributed by atoms with van der Waals surface area (Å²) in [4.78, 5) is 75.4. The van der Waals surface area contributed by atoms with Gasteiger partial charge in [0.15, 0.2) is 6.61 Å². The van der Waals surface area contributed by atoms with Gasteiger partial charge in [0.2, 0.25) is 5.91 Å². The Kier molecular flexibility index (Phi) is 10.5. The number of halogens is 1. The van der Waals surface area contributed by atoms with Gasteiger partial charge in [-0.25, -0.2) is 9.59 Å². The number of rotatable bonds is 10. The van der Waals surface area contributed by atoms with E-state index in [4.69, 9.17) is 21.1 Å². The minimum Gasteiger partial charge on any atom is -0.462 e. The lowest BCUT2D eigenvalue weighted by Crippen LogP contribution is -2.36. The van der Waals surface area contributed by atoms with Crippen molar-refractivity contribution in [3.63, 3.8) is 0 Å². The smallest absolute Gasteiger partial charge is 0.339 e. The third-order valence-corrected chi connectivity index (χ3v) is 7.27. The molecule has 0 aliphatic carbocycles. The van der Waals surface area contributed by atoms with Crippen molar-refractivity contribution in [3.05, 3.63) is 98.9 Å². The number of nitrogens with one attached hydrogen (secondary N) is 2. The van der Waals surface area contributed by atoms with Crippen molar-refractivity contribution in [2.75, 3.05) is 30.4 Å². The van der Waals surface area contributed by atoms with Crippen molar-refractivity contribution in [1.29, 1.82) is 0 Å². The maximum Gasteiger partial charge on any atom is 0.339 e. The van der Waals surface area contributed by atoms with Gasteiger partial charge in [0.05, 0.1) is 27.7 Å². The molecule has 3 aromatic rings. The molecule has 1 aliphatic rings. The molecule has 44 heavy (non-hydrogen) atoms. The predicted octanol–water partition coefficient (Wildman–Crippen LogP) is 5.30. The van der Waals surface area contributed by atoms with Gasteiger partial charge >= 0.3 is 11.9 Å². The van der Waals surface area contributed by atoms with Crippen LogP contribution >= 0.6 is 23.4 Å². The lowest BCUT2D eigenvalue weighted by molar-refractivity contribution is -0.127. The first-order valence-electron chi connectivity index (χ1n) is 13.2. The molecule has 0 aromatic heterocycles. The van der Waals surface area contributed by atoms with E-state index in [0.29, 0.717) is 23.0 Å². The van der Waals surface area contributed by atoms with Gasteiger partial charge in [-0.05, 0) is 79.7 Å². The van der Waals surface area contributed by atoms with E-state index >= 15 is 0 Å². The molecule has 0 spiro atoms. The molecule has 1 heterocycles. The van der Waals surface area contributed by atoms with Gasteiger partial charge in [0.25, 0.3) is 17.1 Å². The number of ether oxygens (including phenoxy) is 2. The first-order chi connectivity index (χ1) is 21.0. The zero-order valence-corrected chi connectivity index (χ0v) is 25.1. The van der Waals surface area contributed by atoms with E-state index in [-0.39, 0.29) is 33.3 Å². The first-order valence-corrected chi connectivity index (χ1v) is 14.4. The summed E-state index contributed by atoms with van der Waals surface area (Å²) in [5, 5.41) is 4.68. The number of aryl methyl sites for hydroxylation is 1. The van der Waals surface area contributed by atoms with Crippen molar-refractivity contribution in [2.24, 2.45) is 0 Å². The Hall–Kier alpha value is -4.94. The van der Waals surface area contributed by atoms with Gasteiger partial charge in [0, 0.05) is 11.4 Å². The number of nitrogens with zero attached hydrogens (tertiary/aromatic N) is 1. The van der Waals surface area contributed by atoms with E-state index in [1.54, 1.807) is 31.2 Å². The van der Waals surface area contributed by atoms with Crippen LogP contribution in [0, 0.1) is 6.92 Å². The van der Waals surface area contributed by atoms with E-state index in [2.05, 4.69) is 10.6 Å². The summed E-state index contributed by atoms with van der Waals surface area (Å²) in [6, 6.07) is 17.4. The highest BCUT2D eigenvalue weighted by Gasteiger charge is 2.36. The number of hydrogen-bond acceptors (Lipinski definition) is 9. The van der Waals surface area contributed by atoms with Crippen LogP contribution in [0.15, 0.2) is 71.6 Å². The number of carbonyl (C=O) groups excluding carboxylic acids is 6. The van der Waals surface area contributed by atoms with Crippen molar-refractivity contribution >= 4 is 75.7 Å². The average molecular weight is 636 g/mol. The summed E-state index contributed by atoms with van der Waals surface area (Å²) in [6.07, 6.45) is 1.46. The van der Waals surface area contributed by atoms with Crippen LogP contribution in [-0.2, 0) is 23.9 Å². The van der Waals surface area contributed by atoms with E-state index in [0.717, 1.165) is 10.5 Å². The van der Waals surface area contributed by atoms with E-state index in [1.807, 2.05) is 19.1 Å². The molecule has 1 fully saturated rings. The molecule has 0 bridgehead atoms. The molecule has 226 valence electrons. The molecule has 2 N–H and O–H groups in total. The van der Waals surface area contributed by atoms with Gasteiger partial charge in [-0.15, -0.1) is 0 Å². The van der Waals surface area contributed by atoms with Crippen LogP contribution in [0.4, 0.5) is 16.2 Å². The van der Waals surface area contributed by atoms with Crippen LogP contribution in [0.25, 0.3) is 6.08 Å². The standard InChI is InChI=1S/C31H26ClN3O8S/c1-3-42-30(40)23-15-22(12-13-24(23)32)34-26(36)16-35-28(38)25(44-31(35)41)14-19-6-8-20(9-7-19)29(39)43-17-27(37)33-21-10-4-18(2)5-11-21/h4-15H,3,16-17H2,1-2H3,(H,33,37)(H,34,36)/b25-14-. The number of benzene rings is 3. The summed E-state index contributed by atoms with van der Waals surface area (Å²) >= 11 is 6.71. The molecule has 4 rings (SSSR count).